The minimum absolute atomic E-state index is 0.181. The molecule has 0 aromatic carbocycles. The first kappa shape index (κ1) is 13.4. The molecule has 0 aliphatic carbocycles. The summed E-state index contributed by atoms with van der Waals surface area (Å²) in [6.07, 6.45) is 0.527. The second-order valence-corrected chi connectivity index (χ2v) is 3.25. The molecule has 14 heavy (non-hydrogen) atoms. The third-order valence-electron chi connectivity index (χ3n) is 1.98. The van der Waals surface area contributed by atoms with Gasteiger partial charge >= 0.3 is 5.97 Å². The van der Waals surface area contributed by atoms with Gasteiger partial charge in [-0.1, -0.05) is 6.92 Å². The zero-order chi connectivity index (χ0) is 11.0. The summed E-state index contributed by atoms with van der Waals surface area (Å²) in [6, 6.07) is 0. The van der Waals surface area contributed by atoms with E-state index in [9.17, 15) is 4.79 Å². The largest absolute Gasteiger partial charge is 0.460 e. The van der Waals surface area contributed by atoms with Crippen molar-refractivity contribution in [1.29, 1.82) is 0 Å². The molecular weight excluding hydrogens is 182 g/mol. The van der Waals surface area contributed by atoms with Gasteiger partial charge in [0.15, 0.2) is 0 Å². The average Bonchev–Trinajstić information content (AvgIpc) is 2.16. The summed E-state index contributed by atoms with van der Waals surface area (Å²) in [6.45, 7) is 7.07. The molecule has 2 atom stereocenters. The van der Waals surface area contributed by atoms with Crippen molar-refractivity contribution >= 4 is 5.97 Å². The first-order chi connectivity index (χ1) is 6.65. The van der Waals surface area contributed by atoms with Gasteiger partial charge in [0.25, 0.3) is 0 Å². The van der Waals surface area contributed by atoms with E-state index in [0.29, 0.717) is 19.8 Å². The van der Waals surface area contributed by atoms with Crippen molar-refractivity contribution in [2.24, 2.45) is 11.7 Å². The Balaban J connectivity index is 3.79. The van der Waals surface area contributed by atoms with Gasteiger partial charge in [-0.15, -0.1) is 0 Å². The minimum atomic E-state index is -0.220. The summed E-state index contributed by atoms with van der Waals surface area (Å²) in [5.74, 6) is -0.402. The number of esters is 1. The highest BCUT2D eigenvalue weighted by molar-refractivity contribution is 5.72. The summed E-state index contributed by atoms with van der Waals surface area (Å²) in [4.78, 5) is 11.4. The molecule has 0 spiro atoms. The molecule has 0 aliphatic heterocycles. The van der Waals surface area contributed by atoms with Crippen molar-refractivity contribution in [2.45, 2.75) is 33.3 Å². The lowest BCUT2D eigenvalue weighted by atomic mass is 10.1. The lowest BCUT2D eigenvalue weighted by Gasteiger charge is -2.17. The fraction of sp³-hybridized carbons (Fsp3) is 0.900. The third-order valence-corrected chi connectivity index (χ3v) is 1.98. The number of nitrogens with two attached hydrogens (primary N) is 1. The van der Waals surface area contributed by atoms with E-state index in [-0.39, 0.29) is 18.0 Å². The molecule has 0 saturated carbocycles. The fourth-order valence-electron chi connectivity index (χ4n) is 1.04. The van der Waals surface area contributed by atoms with Gasteiger partial charge < -0.3 is 15.2 Å². The van der Waals surface area contributed by atoms with Crippen molar-refractivity contribution in [1.82, 2.24) is 0 Å². The van der Waals surface area contributed by atoms with Gasteiger partial charge in [0.05, 0.1) is 12.5 Å². The van der Waals surface area contributed by atoms with Crippen LogP contribution in [0.1, 0.15) is 27.2 Å². The average molecular weight is 203 g/mol. The molecule has 0 fully saturated rings. The number of hydrogen-bond donors (Lipinski definition) is 1. The summed E-state index contributed by atoms with van der Waals surface area (Å²) < 4.78 is 10.3. The first-order valence-electron chi connectivity index (χ1n) is 5.13. The smallest absolute Gasteiger partial charge is 0.310 e. The van der Waals surface area contributed by atoms with Crippen LogP contribution in [0.15, 0.2) is 0 Å². The summed E-state index contributed by atoms with van der Waals surface area (Å²) in [5.41, 5.74) is 5.43. The maximum Gasteiger partial charge on any atom is 0.310 e. The lowest BCUT2D eigenvalue weighted by molar-refractivity contribution is -0.155. The molecular formula is C10H21NO3. The Morgan fingerprint density at radius 2 is 2.07 bits per heavy atom. The Morgan fingerprint density at radius 1 is 1.43 bits per heavy atom. The van der Waals surface area contributed by atoms with Gasteiger partial charge in [-0.25, -0.2) is 0 Å². The van der Waals surface area contributed by atoms with E-state index in [1.165, 1.54) is 0 Å². The molecule has 0 bridgehead atoms. The molecule has 0 amide bonds. The zero-order valence-electron chi connectivity index (χ0n) is 9.29. The van der Waals surface area contributed by atoms with Crippen molar-refractivity contribution < 1.29 is 14.3 Å². The summed E-state index contributed by atoms with van der Waals surface area (Å²) in [5, 5.41) is 0. The Kier molecular flexibility index (Phi) is 7.42. The summed E-state index contributed by atoms with van der Waals surface area (Å²) >= 11 is 0. The highest BCUT2D eigenvalue weighted by Crippen LogP contribution is 2.05. The molecule has 0 heterocycles. The van der Waals surface area contributed by atoms with E-state index in [4.69, 9.17) is 15.2 Å². The molecule has 0 aromatic heterocycles. The van der Waals surface area contributed by atoms with E-state index in [2.05, 4.69) is 0 Å². The zero-order valence-corrected chi connectivity index (χ0v) is 9.29. The van der Waals surface area contributed by atoms with Crippen LogP contribution >= 0.6 is 0 Å². The first-order valence-corrected chi connectivity index (χ1v) is 5.13. The normalized spacial score (nSPS) is 14.9. The molecule has 2 unspecified atom stereocenters. The molecule has 4 heteroatoms. The van der Waals surface area contributed by atoms with Gasteiger partial charge in [0.1, 0.15) is 6.10 Å². The van der Waals surface area contributed by atoms with E-state index >= 15 is 0 Å². The van der Waals surface area contributed by atoms with Gasteiger partial charge in [-0.3, -0.25) is 4.79 Å². The Labute approximate surface area is 85.8 Å². The molecule has 4 nitrogen and oxygen atoms in total. The number of rotatable bonds is 7. The van der Waals surface area contributed by atoms with Gasteiger partial charge in [-0.2, -0.15) is 0 Å². The highest BCUT2D eigenvalue weighted by Gasteiger charge is 2.18. The maximum absolute atomic E-state index is 11.4. The molecule has 0 saturated heterocycles. The monoisotopic (exact) mass is 203 g/mol. The van der Waals surface area contributed by atoms with Crippen LogP contribution in [0.5, 0.6) is 0 Å². The standard InChI is InChI=1S/C10H21NO3/c1-4-9(6-11)10(12)14-8(3)7-13-5-2/h8-9H,4-7,11H2,1-3H3. The maximum atomic E-state index is 11.4. The van der Waals surface area contributed by atoms with E-state index < -0.39 is 0 Å². The van der Waals surface area contributed by atoms with Crippen molar-refractivity contribution in [2.75, 3.05) is 19.8 Å². The predicted octanol–water partition coefficient (Wildman–Crippen LogP) is 0.940. The van der Waals surface area contributed by atoms with Crippen LogP contribution in [0.3, 0.4) is 0 Å². The van der Waals surface area contributed by atoms with Crippen LogP contribution in [0, 0.1) is 5.92 Å². The van der Waals surface area contributed by atoms with E-state index in [1.807, 2.05) is 20.8 Å². The fourth-order valence-corrected chi connectivity index (χ4v) is 1.04. The Morgan fingerprint density at radius 3 is 2.50 bits per heavy atom. The predicted molar refractivity (Wildman–Crippen MR) is 54.9 cm³/mol. The van der Waals surface area contributed by atoms with Gasteiger partial charge in [0.2, 0.25) is 0 Å². The third kappa shape index (κ3) is 5.19. The second kappa shape index (κ2) is 7.76. The van der Waals surface area contributed by atoms with Crippen molar-refractivity contribution in [3.8, 4) is 0 Å². The van der Waals surface area contributed by atoms with Crippen LogP contribution < -0.4 is 5.73 Å². The Hall–Kier alpha value is -0.610. The number of hydrogen-bond acceptors (Lipinski definition) is 4. The van der Waals surface area contributed by atoms with Gasteiger partial charge in [0, 0.05) is 13.2 Å². The number of ether oxygens (including phenoxy) is 2. The quantitative estimate of drug-likeness (QED) is 0.625. The van der Waals surface area contributed by atoms with Gasteiger partial charge in [-0.05, 0) is 20.3 Å². The molecule has 0 radical (unpaired) electrons. The van der Waals surface area contributed by atoms with Crippen LogP contribution in [0.4, 0.5) is 0 Å². The molecule has 2 N–H and O–H groups in total. The molecule has 0 aromatic rings. The van der Waals surface area contributed by atoms with Crippen molar-refractivity contribution in [3.05, 3.63) is 0 Å². The Bertz CT molecular complexity index is 157. The van der Waals surface area contributed by atoms with Crippen LogP contribution in [-0.4, -0.2) is 31.8 Å². The van der Waals surface area contributed by atoms with Crippen LogP contribution in [0.2, 0.25) is 0 Å². The van der Waals surface area contributed by atoms with E-state index in [0.717, 1.165) is 6.42 Å². The SMILES string of the molecule is CCOCC(C)OC(=O)C(CC)CN. The number of carbonyl (C=O) groups excluding carboxylic acids is 1. The van der Waals surface area contributed by atoms with Crippen molar-refractivity contribution in [3.63, 3.8) is 0 Å². The molecule has 0 aliphatic rings. The number of carbonyl (C=O) groups is 1. The highest BCUT2D eigenvalue weighted by atomic mass is 16.6. The summed E-state index contributed by atoms with van der Waals surface area (Å²) in [7, 11) is 0. The molecule has 0 rings (SSSR count). The topological polar surface area (TPSA) is 61.5 Å². The second-order valence-electron chi connectivity index (χ2n) is 3.25. The van der Waals surface area contributed by atoms with E-state index in [1.54, 1.807) is 0 Å². The molecule has 84 valence electrons. The lowest BCUT2D eigenvalue weighted by Crippen LogP contribution is -2.29. The minimum Gasteiger partial charge on any atom is -0.460 e. The van der Waals surface area contributed by atoms with Crippen LogP contribution in [-0.2, 0) is 14.3 Å². The van der Waals surface area contributed by atoms with Crippen LogP contribution in [0.25, 0.3) is 0 Å².